The Morgan fingerprint density at radius 2 is 1.86 bits per heavy atom. The maximum atomic E-state index is 13.0. The molecule has 1 heterocycles. The summed E-state index contributed by atoms with van der Waals surface area (Å²) in [5.74, 6) is 0.173. The highest BCUT2D eigenvalue weighted by Gasteiger charge is 2.17. The number of halogens is 1. The van der Waals surface area contributed by atoms with Gasteiger partial charge in [0.15, 0.2) is 0 Å². The van der Waals surface area contributed by atoms with E-state index in [1.165, 1.54) is 4.57 Å². The van der Waals surface area contributed by atoms with Gasteiger partial charge in [0.1, 0.15) is 12.4 Å². The first-order valence-corrected chi connectivity index (χ1v) is 9.49. The largest absolute Gasteiger partial charge is 0.325 e. The van der Waals surface area contributed by atoms with Crippen molar-refractivity contribution < 1.29 is 4.79 Å². The van der Waals surface area contributed by atoms with Crippen LogP contribution in [0.25, 0.3) is 11.4 Å². The van der Waals surface area contributed by atoms with Gasteiger partial charge < -0.3 is 5.32 Å². The van der Waals surface area contributed by atoms with E-state index in [4.69, 9.17) is 11.6 Å². The van der Waals surface area contributed by atoms with E-state index in [0.717, 1.165) is 11.1 Å². The Balaban J connectivity index is 2.01. The van der Waals surface area contributed by atoms with Crippen molar-refractivity contribution in [3.63, 3.8) is 0 Å². The predicted molar refractivity (Wildman–Crippen MR) is 113 cm³/mol. The molecule has 0 aliphatic heterocycles. The molecule has 5 nitrogen and oxygen atoms in total. The minimum Gasteiger partial charge on any atom is -0.325 e. The summed E-state index contributed by atoms with van der Waals surface area (Å²) >= 11 is 5.98. The van der Waals surface area contributed by atoms with Crippen LogP contribution in [0.2, 0.25) is 5.02 Å². The van der Waals surface area contributed by atoms with Gasteiger partial charge in [-0.1, -0.05) is 30.7 Å². The molecule has 1 aromatic heterocycles. The third kappa shape index (κ3) is 4.31. The number of rotatable bonds is 5. The van der Waals surface area contributed by atoms with Gasteiger partial charge in [-0.15, -0.1) is 0 Å². The van der Waals surface area contributed by atoms with Crippen molar-refractivity contribution in [2.24, 2.45) is 0 Å². The lowest BCUT2D eigenvalue weighted by Gasteiger charge is -2.16. The van der Waals surface area contributed by atoms with Gasteiger partial charge in [0.2, 0.25) is 5.91 Å². The number of anilines is 1. The lowest BCUT2D eigenvalue weighted by molar-refractivity contribution is -0.116. The average Bonchev–Trinajstić information content (AvgIpc) is 2.65. The summed E-state index contributed by atoms with van der Waals surface area (Å²) in [6, 6.07) is 14.6. The number of aryl methyl sites for hydroxylation is 2. The van der Waals surface area contributed by atoms with Crippen molar-refractivity contribution in [3.05, 3.63) is 80.7 Å². The Labute approximate surface area is 169 Å². The molecule has 0 saturated heterocycles. The third-order valence-corrected chi connectivity index (χ3v) is 4.78. The van der Waals surface area contributed by atoms with Crippen molar-refractivity contribution in [3.8, 4) is 11.4 Å². The maximum Gasteiger partial charge on any atom is 0.257 e. The second-order valence-electron chi connectivity index (χ2n) is 6.67. The summed E-state index contributed by atoms with van der Waals surface area (Å²) < 4.78 is 1.43. The highest BCUT2D eigenvalue weighted by atomic mass is 35.5. The lowest BCUT2D eigenvalue weighted by Crippen LogP contribution is -2.32. The van der Waals surface area contributed by atoms with E-state index in [2.05, 4.69) is 10.3 Å². The van der Waals surface area contributed by atoms with E-state index in [1.54, 1.807) is 24.3 Å². The maximum absolute atomic E-state index is 13.0. The standard InChI is InChI=1S/C22H22ClN3O2/c1-4-19-15(3)24-21(16-8-10-17(23)11-9-16)26(22(19)28)13-20(27)25-18-7-5-6-14(2)12-18/h5-12H,4,13H2,1-3H3,(H,25,27). The molecular weight excluding hydrogens is 374 g/mol. The number of nitrogens with zero attached hydrogens (tertiary/aromatic N) is 2. The van der Waals surface area contributed by atoms with E-state index in [9.17, 15) is 9.59 Å². The molecule has 0 fully saturated rings. The molecule has 0 atom stereocenters. The smallest absolute Gasteiger partial charge is 0.257 e. The van der Waals surface area contributed by atoms with E-state index in [1.807, 2.05) is 45.0 Å². The van der Waals surface area contributed by atoms with Crippen molar-refractivity contribution in [2.75, 3.05) is 5.32 Å². The number of hydrogen-bond donors (Lipinski definition) is 1. The quantitative estimate of drug-likeness (QED) is 0.697. The predicted octanol–water partition coefficient (Wildman–Crippen LogP) is 4.38. The van der Waals surface area contributed by atoms with E-state index in [-0.39, 0.29) is 18.0 Å². The van der Waals surface area contributed by atoms with E-state index in [0.29, 0.717) is 34.2 Å². The van der Waals surface area contributed by atoms with Crippen molar-refractivity contribution in [1.29, 1.82) is 0 Å². The monoisotopic (exact) mass is 395 g/mol. The van der Waals surface area contributed by atoms with E-state index >= 15 is 0 Å². The summed E-state index contributed by atoms with van der Waals surface area (Å²) in [6.45, 7) is 5.56. The average molecular weight is 396 g/mol. The first-order valence-electron chi connectivity index (χ1n) is 9.11. The van der Waals surface area contributed by atoms with Gasteiger partial charge in [0, 0.05) is 27.5 Å². The minimum atomic E-state index is -0.282. The summed E-state index contributed by atoms with van der Waals surface area (Å²) in [5.41, 5.74) is 3.56. The number of nitrogens with one attached hydrogen (secondary N) is 1. The molecule has 0 bridgehead atoms. The molecule has 1 N–H and O–H groups in total. The fraction of sp³-hybridized carbons (Fsp3) is 0.227. The number of amides is 1. The molecule has 0 saturated carbocycles. The van der Waals surface area contributed by atoms with Crippen LogP contribution in [0.5, 0.6) is 0 Å². The lowest BCUT2D eigenvalue weighted by atomic mass is 10.1. The van der Waals surface area contributed by atoms with Gasteiger partial charge in [0.05, 0.1) is 0 Å². The van der Waals surface area contributed by atoms with Crippen LogP contribution < -0.4 is 10.9 Å². The first kappa shape index (κ1) is 19.8. The molecule has 3 rings (SSSR count). The summed E-state index contributed by atoms with van der Waals surface area (Å²) in [4.78, 5) is 30.3. The molecule has 0 aliphatic rings. The molecule has 0 spiro atoms. The number of benzene rings is 2. The zero-order valence-electron chi connectivity index (χ0n) is 16.1. The highest BCUT2D eigenvalue weighted by Crippen LogP contribution is 2.20. The molecule has 28 heavy (non-hydrogen) atoms. The van der Waals surface area contributed by atoms with Crippen LogP contribution in [-0.4, -0.2) is 15.5 Å². The minimum absolute atomic E-state index is 0.120. The molecular formula is C22H22ClN3O2. The fourth-order valence-electron chi connectivity index (χ4n) is 3.14. The van der Waals surface area contributed by atoms with Crippen LogP contribution >= 0.6 is 11.6 Å². The number of carbonyl (C=O) groups is 1. The molecule has 0 aliphatic carbocycles. The van der Waals surface area contributed by atoms with Crippen molar-refractivity contribution >= 4 is 23.2 Å². The van der Waals surface area contributed by atoms with Gasteiger partial charge in [-0.2, -0.15) is 0 Å². The number of aromatic nitrogens is 2. The molecule has 6 heteroatoms. The molecule has 2 aromatic carbocycles. The van der Waals surface area contributed by atoms with Gasteiger partial charge in [0.25, 0.3) is 5.56 Å². The Morgan fingerprint density at radius 3 is 2.50 bits per heavy atom. The van der Waals surface area contributed by atoms with Crippen LogP contribution in [0.4, 0.5) is 5.69 Å². The van der Waals surface area contributed by atoms with E-state index < -0.39 is 0 Å². The molecule has 144 valence electrons. The fourth-order valence-corrected chi connectivity index (χ4v) is 3.27. The summed E-state index contributed by atoms with van der Waals surface area (Å²) in [7, 11) is 0. The number of carbonyl (C=O) groups excluding carboxylic acids is 1. The molecule has 3 aromatic rings. The number of hydrogen-bond acceptors (Lipinski definition) is 3. The Kier molecular flexibility index (Phi) is 5.95. The molecule has 0 unspecified atom stereocenters. The van der Waals surface area contributed by atoms with Gasteiger partial charge in [-0.05, 0) is 62.2 Å². The molecule has 1 amide bonds. The Morgan fingerprint density at radius 1 is 1.14 bits per heavy atom. The Bertz CT molecular complexity index is 1070. The zero-order valence-corrected chi connectivity index (χ0v) is 16.9. The summed E-state index contributed by atoms with van der Waals surface area (Å²) in [5, 5.41) is 3.44. The van der Waals surface area contributed by atoms with Crippen LogP contribution in [-0.2, 0) is 17.8 Å². The summed E-state index contributed by atoms with van der Waals surface area (Å²) in [6.07, 6.45) is 0.554. The van der Waals surface area contributed by atoms with Crippen LogP contribution in [0.15, 0.2) is 53.3 Å². The van der Waals surface area contributed by atoms with Crippen molar-refractivity contribution in [1.82, 2.24) is 9.55 Å². The van der Waals surface area contributed by atoms with Crippen LogP contribution in [0.3, 0.4) is 0 Å². The third-order valence-electron chi connectivity index (χ3n) is 4.53. The van der Waals surface area contributed by atoms with Gasteiger partial charge >= 0.3 is 0 Å². The second-order valence-corrected chi connectivity index (χ2v) is 7.11. The normalized spacial score (nSPS) is 10.7. The van der Waals surface area contributed by atoms with Crippen molar-refractivity contribution in [2.45, 2.75) is 33.7 Å². The highest BCUT2D eigenvalue weighted by molar-refractivity contribution is 6.30. The zero-order chi connectivity index (χ0) is 20.3. The SMILES string of the molecule is CCc1c(C)nc(-c2ccc(Cl)cc2)n(CC(=O)Nc2cccc(C)c2)c1=O. The topological polar surface area (TPSA) is 64.0 Å². The second kappa shape index (κ2) is 8.40. The molecule has 0 radical (unpaired) electrons. The van der Waals surface area contributed by atoms with Gasteiger partial charge in [-0.25, -0.2) is 4.98 Å². The Hall–Kier alpha value is -2.92. The first-order chi connectivity index (χ1) is 13.4. The van der Waals surface area contributed by atoms with Gasteiger partial charge in [-0.3, -0.25) is 14.2 Å². The van der Waals surface area contributed by atoms with Crippen LogP contribution in [0.1, 0.15) is 23.7 Å². The van der Waals surface area contributed by atoms with Crippen LogP contribution in [0, 0.1) is 13.8 Å².